The summed E-state index contributed by atoms with van der Waals surface area (Å²) in [5.41, 5.74) is 1.51. The SMILES string of the molecule is Cc1cnc(-c2nnc(N(C)C(=O)[C@@H]3CCOC3)s2)cn1. The van der Waals surface area contributed by atoms with Crippen molar-refractivity contribution in [2.45, 2.75) is 13.3 Å². The van der Waals surface area contributed by atoms with Gasteiger partial charge in [0.1, 0.15) is 5.69 Å². The average molecular weight is 305 g/mol. The number of ether oxygens (including phenoxy) is 1. The van der Waals surface area contributed by atoms with Crippen molar-refractivity contribution in [2.75, 3.05) is 25.2 Å². The van der Waals surface area contributed by atoms with Gasteiger partial charge in [0.25, 0.3) is 0 Å². The van der Waals surface area contributed by atoms with Gasteiger partial charge in [-0.15, -0.1) is 10.2 Å². The highest BCUT2D eigenvalue weighted by Crippen LogP contribution is 2.28. The number of carbonyl (C=O) groups is 1. The highest BCUT2D eigenvalue weighted by Gasteiger charge is 2.28. The van der Waals surface area contributed by atoms with Crippen LogP contribution in [0.5, 0.6) is 0 Å². The summed E-state index contributed by atoms with van der Waals surface area (Å²) in [7, 11) is 1.71. The fourth-order valence-corrected chi connectivity index (χ4v) is 2.83. The summed E-state index contributed by atoms with van der Waals surface area (Å²) in [5.74, 6) is -0.0632. The van der Waals surface area contributed by atoms with Gasteiger partial charge in [0.05, 0.1) is 24.4 Å². The third-order valence-corrected chi connectivity index (χ3v) is 4.33. The van der Waals surface area contributed by atoms with E-state index >= 15 is 0 Å². The molecule has 1 aliphatic rings. The highest BCUT2D eigenvalue weighted by atomic mass is 32.1. The van der Waals surface area contributed by atoms with Gasteiger partial charge >= 0.3 is 0 Å². The number of rotatable bonds is 3. The van der Waals surface area contributed by atoms with E-state index < -0.39 is 0 Å². The molecule has 0 aromatic carbocycles. The van der Waals surface area contributed by atoms with Gasteiger partial charge in [-0.05, 0) is 13.3 Å². The molecule has 3 heterocycles. The van der Waals surface area contributed by atoms with Crippen LogP contribution < -0.4 is 4.90 Å². The number of aromatic nitrogens is 4. The van der Waals surface area contributed by atoms with Gasteiger partial charge in [-0.3, -0.25) is 19.7 Å². The van der Waals surface area contributed by atoms with Crippen LogP contribution in [0.15, 0.2) is 12.4 Å². The van der Waals surface area contributed by atoms with Crippen LogP contribution in [0.1, 0.15) is 12.1 Å². The minimum Gasteiger partial charge on any atom is -0.381 e. The molecule has 1 saturated heterocycles. The Hall–Kier alpha value is -1.93. The summed E-state index contributed by atoms with van der Waals surface area (Å²) >= 11 is 1.33. The van der Waals surface area contributed by atoms with Gasteiger partial charge < -0.3 is 4.74 Å². The van der Waals surface area contributed by atoms with Crippen LogP contribution in [0.2, 0.25) is 0 Å². The van der Waals surface area contributed by atoms with Crippen molar-refractivity contribution < 1.29 is 9.53 Å². The van der Waals surface area contributed by atoms with Gasteiger partial charge in [0, 0.05) is 19.9 Å². The maximum atomic E-state index is 12.3. The van der Waals surface area contributed by atoms with Crippen molar-refractivity contribution in [1.29, 1.82) is 0 Å². The summed E-state index contributed by atoms with van der Waals surface area (Å²) in [6.07, 6.45) is 4.10. The molecular weight excluding hydrogens is 290 g/mol. The first-order valence-corrected chi connectivity index (χ1v) is 7.44. The standard InChI is InChI=1S/C13H15N5O2S/c1-8-5-15-10(6-14-8)11-16-17-13(21-11)18(2)12(19)9-3-4-20-7-9/h5-6,9H,3-4,7H2,1-2H3/t9-/m1/s1. The Morgan fingerprint density at radius 3 is 2.90 bits per heavy atom. The minimum atomic E-state index is -0.0819. The lowest BCUT2D eigenvalue weighted by Crippen LogP contribution is -2.33. The van der Waals surface area contributed by atoms with Crippen molar-refractivity contribution >= 4 is 22.4 Å². The molecule has 21 heavy (non-hydrogen) atoms. The molecule has 8 heteroatoms. The molecule has 7 nitrogen and oxygen atoms in total. The van der Waals surface area contributed by atoms with Crippen LogP contribution in [-0.2, 0) is 9.53 Å². The molecule has 0 saturated carbocycles. The van der Waals surface area contributed by atoms with Crippen LogP contribution in [-0.4, -0.2) is 46.3 Å². The number of carbonyl (C=O) groups excluding carboxylic acids is 1. The van der Waals surface area contributed by atoms with E-state index in [9.17, 15) is 4.79 Å². The van der Waals surface area contributed by atoms with Crippen molar-refractivity contribution in [3.05, 3.63) is 18.1 Å². The largest absolute Gasteiger partial charge is 0.381 e. The zero-order valence-corrected chi connectivity index (χ0v) is 12.6. The summed E-state index contributed by atoms with van der Waals surface area (Å²) in [5, 5.41) is 9.37. The summed E-state index contributed by atoms with van der Waals surface area (Å²) in [6, 6.07) is 0. The van der Waals surface area contributed by atoms with Crippen LogP contribution in [0, 0.1) is 12.8 Å². The number of nitrogens with zero attached hydrogens (tertiary/aromatic N) is 5. The maximum Gasteiger partial charge on any atom is 0.234 e. The Kier molecular flexibility index (Phi) is 3.89. The Bertz CT molecular complexity index is 636. The minimum absolute atomic E-state index is 0.0187. The van der Waals surface area contributed by atoms with Crippen molar-refractivity contribution in [2.24, 2.45) is 5.92 Å². The molecule has 0 radical (unpaired) electrons. The van der Waals surface area contributed by atoms with Crippen LogP contribution in [0.4, 0.5) is 5.13 Å². The molecule has 0 unspecified atom stereocenters. The predicted octanol–water partition coefficient (Wildman–Crippen LogP) is 1.30. The Labute approximate surface area is 126 Å². The molecule has 0 aliphatic carbocycles. The Morgan fingerprint density at radius 1 is 1.38 bits per heavy atom. The van der Waals surface area contributed by atoms with E-state index in [4.69, 9.17) is 4.74 Å². The van der Waals surface area contributed by atoms with Gasteiger partial charge in [0.2, 0.25) is 11.0 Å². The molecule has 1 atom stereocenters. The van der Waals surface area contributed by atoms with E-state index in [1.54, 1.807) is 24.3 Å². The molecule has 110 valence electrons. The van der Waals surface area contributed by atoms with Crippen LogP contribution >= 0.6 is 11.3 Å². The first-order valence-electron chi connectivity index (χ1n) is 6.63. The number of hydrogen-bond donors (Lipinski definition) is 0. The van der Waals surface area contributed by atoms with Crippen LogP contribution in [0.3, 0.4) is 0 Å². The summed E-state index contributed by atoms with van der Waals surface area (Å²) < 4.78 is 5.25. The second-order valence-corrected chi connectivity index (χ2v) is 5.85. The quantitative estimate of drug-likeness (QED) is 0.850. The molecule has 3 rings (SSSR count). The zero-order chi connectivity index (χ0) is 14.8. The first-order chi connectivity index (χ1) is 10.1. The monoisotopic (exact) mass is 305 g/mol. The van der Waals surface area contributed by atoms with E-state index in [1.165, 1.54) is 11.3 Å². The van der Waals surface area contributed by atoms with E-state index in [0.29, 0.717) is 29.0 Å². The fraction of sp³-hybridized carbons (Fsp3) is 0.462. The summed E-state index contributed by atoms with van der Waals surface area (Å²) in [4.78, 5) is 22.3. The third-order valence-electron chi connectivity index (χ3n) is 3.31. The van der Waals surface area contributed by atoms with E-state index in [-0.39, 0.29) is 11.8 Å². The van der Waals surface area contributed by atoms with E-state index in [2.05, 4.69) is 20.2 Å². The fourth-order valence-electron chi connectivity index (χ4n) is 2.05. The second-order valence-electron chi connectivity index (χ2n) is 4.89. The molecule has 0 spiro atoms. The molecule has 2 aromatic rings. The average Bonchev–Trinajstić information content (AvgIpc) is 3.18. The van der Waals surface area contributed by atoms with E-state index in [1.807, 2.05) is 6.92 Å². The second kappa shape index (κ2) is 5.82. The molecule has 0 N–H and O–H groups in total. The number of anilines is 1. The van der Waals surface area contributed by atoms with E-state index in [0.717, 1.165) is 12.1 Å². The first kappa shape index (κ1) is 14.0. The zero-order valence-electron chi connectivity index (χ0n) is 11.8. The highest BCUT2D eigenvalue weighted by molar-refractivity contribution is 7.18. The van der Waals surface area contributed by atoms with Crippen molar-refractivity contribution in [3.8, 4) is 10.7 Å². The molecule has 1 amide bonds. The molecule has 0 bridgehead atoms. The normalized spacial score (nSPS) is 17.9. The third kappa shape index (κ3) is 2.91. The Balaban J connectivity index is 1.77. The lowest BCUT2D eigenvalue weighted by molar-refractivity contribution is -0.122. The molecule has 1 fully saturated rings. The van der Waals surface area contributed by atoms with Gasteiger partial charge in [-0.2, -0.15) is 0 Å². The van der Waals surface area contributed by atoms with Crippen molar-refractivity contribution in [3.63, 3.8) is 0 Å². The maximum absolute atomic E-state index is 12.3. The lowest BCUT2D eigenvalue weighted by Gasteiger charge is -2.16. The molecular formula is C13H15N5O2S. The van der Waals surface area contributed by atoms with Gasteiger partial charge in [0.15, 0.2) is 5.01 Å². The number of hydrogen-bond acceptors (Lipinski definition) is 7. The topological polar surface area (TPSA) is 81.1 Å². The molecule has 2 aromatic heterocycles. The Morgan fingerprint density at radius 2 is 2.24 bits per heavy atom. The van der Waals surface area contributed by atoms with Gasteiger partial charge in [-0.25, -0.2) is 0 Å². The number of amides is 1. The lowest BCUT2D eigenvalue weighted by atomic mass is 10.1. The van der Waals surface area contributed by atoms with Crippen LogP contribution in [0.25, 0.3) is 10.7 Å². The summed E-state index contributed by atoms with van der Waals surface area (Å²) in [6.45, 7) is 3.00. The molecule has 1 aliphatic heterocycles. The predicted molar refractivity (Wildman–Crippen MR) is 78.0 cm³/mol. The van der Waals surface area contributed by atoms with Gasteiger partial charge in [-0.1, -0.05) is 11.3 Å². The number of aryl methyl sites for hydroxylation is 1. The smallest absolute Gasteiger partial charge is 0.234 e. The van der Waals surface area contributed by atoms with Crippen molar-refractivity contribution in [1.82, 2.24) is 20.2 Å².